The fourth-order valence-electron chi connectivity index (χ4n) is 3.49. The second-order valence-corrected chi connectivity index (χ2v) is 6.78. The van der Waals surface area contributed by atoms with Gasteiger partial charge in [0, 0.05) is 19.6 Å². The van der Waals surface area contributed by atoms with E-state index in [2.05, 4.69) is 15.3 Å². The van der Waals surface area contributed by atoms with Crippen molar-refractivity contribution in [2.45, 2.75) is 12.5 Å². The molecule has 7 nitrogen and oxygen atoms in total. The Morgan fingerprint density at radius 3 is 2.74 bits per heavy atom. The minimum Gasteiger partial charge on any atom is -0.378 e. The Bertz CT molecular complexity index is 798. The molecule has 3 heterocycles. The Labute approximate surface area is 157 Å². The van der Waals surface area contributed by atoms with Gasteiger partial charge >= 0.3 is 0 Å². The number of rotatable bonds is 4. The molecule has 1 amide bonds. The first-order chi connectivity index (χ1) is 13.2. The van der Waals surface area contributed by atoms with Crippen molar-refractivity contribution in [1.29, 1.82) is 0 Å². The minimum atomic E-state index is -0.456. The number of piperazine rings is 1. The highest BCUT2D eigenvalue weighted by Gasteiger charge is 2.28. The molecule has 1 N–H and O–H groups in total. The number of morpholine rings is 1. The molecule has 0 bridgehead atoms. The lowest BCUT2D eigenvalue weighted by Gasteiger charge is -2.34. The minimum absolute atomic E-state index is 0.0471. The Kier molecular flexibility index (Phi) is 5.15. The number of carbonyl (C=O) groups is 1. The molecule has 0 radical (unpaired) electrons. The van der Waals surface area contributed by atoms with Crippen molar-refractivity contribution in [1.82, 2.24) is 15.3 Å². The largest absolute Gasteiger partial charge is 0.378 e. The summed E-state index contributed by atoms with van der Waals surface area (Å²) < 4.78 is 19.6. The third kappa shape index (κ3) is 4.16. The van der Waals surface area contributed by atoms with E-state index in [9.17, 15) is 9.18 Å². The molecule has 2 aromatic rings. The predicted molar refractivity (Wildman–Crippen MR) is 99.3 cm³/mol. The first-order valence-corrected chi connectivity index (χ1v) is 9.12. The Morgan fingerprint density at radius 1 is 1.19 bits per heavy atom. The van der Waals surface area contributed by atoms with Crippen LogP contribution in [0.25, 0.3) is 0 Å². The van der Waals surface area contributed by atoms with Gasteiger partial charge in [-0.1, -0.05) is 30.3 Å². The summed E-state index contributed by atoms with van der Waals surface area (Å²) in [6.07, 6.45) is 1.91. The first kappa shape index (κ1) is 17.7. The molecular weight excluding hydrogens is 349 g/mol. The summed E-state index contributed by atoms with van der Waals surface area (Å²) >= 11 is 0. The van der Waals surface area contributed by atoms with E-state index in [0.717, 1.165) is 12.0 Å². The number of anilines is 2. The molecule has 0 aliphatic carbocycles. The van der Waals surface area contributed by atoms with E-state index < -0.39 is 5.82 Å². The molecule has 2 fully saturated rings. The molecule has 1 atom stereocenters. The van der Waals surface area contributed by atoms with Crippen molar-refractivity contribution in [2.75, 3.05) is 49.2 Å². The lowest BCUT2D eigenvalue weighted by atomic mass is 10.0. The van der Waals surface area contributed by atoms with Crippen molar-refractivity contribution in [3.05, 3.63) is 47.9 Å². The number of nitrogens with one attached hydrogen (secondary N) is 1. The van der Waals surface area contributed by atoms with Gasteiger partial charge in [0.25, 0.3) is 0 Å². The SMILES string of the molecule is O=C1CN(c2ncc(F)c(N3CCOCC3)n2)C[C@H](Cc2ccccc2)N1. The number of amides is 1. The van der Waals surface area contributed by atoms with Crippen LogP contribution in [0.1, 0.15) is 5.56 Å². The van der Waals surface area contributed by atoms with E-state index in [1.54, 1.807) is 0 Å². The maximum atomic E-state index is 14.3. The summed E-state index contributed by atoms with van der Waals surface area (Å²) in [5, 5.41) is 3.02. The fourth-order valence-corrected chi connectivity index (χ4v) is 3.49. The van der Waals surface area contributed by atoms with E-state index in [0.29, 0.717) is 38.8 Å². The van der Waals surface area contributed by atoms with E-state index in [4.69, 9.17) is 4.74 Å². The van der Waals surface area contributed by atoms with Crippen molar-refractivity contribution in [2.24, 2.45) is 0 Å². The zero-order valence-corrected chi connectivity index (χ0v) is 15.0. The van der Waals surface area contributed by atoms with Gasteiger partial charge in [0.05, 0.1) is 32.0 Å². The van der Waals surface area contributed by atoms with Crippen LogP contribution in [0.15, 0.2) is 36.5 Å². The van der Waals surface area contributed by atoms with Crippen molar-refractivity contribution in [3.8, 4) is 0 Å². The molecule has 1 aromatic heterocycles. The van der Waals surface area contributed by atoms with Crippen LogP contribution in [0.2, 0.25) is 0 Å². The molecule has 4 rings (SSSR count). The summed E-state index contributed by atoms with van der Waals surface area (Å²) in [6.45, 7) is 3.01. The molecule has 1 aromatic carbocycles. The molecule has 8 heteroatoms. The van der Waals surface area contributed by atoms with Crippen molar-refractivity contribution < 1.29 is 13.9 Å². The number of hydrogen-bond donors (Lipinski definition) is 1. The third-order valence-corrected chi connectivity index (χ3v) is 4.77. The topological polar surface area (TPSA) is 70.6 Å². The average Bonchev–Trinajstić information content (AvgIpc) is 2.69. The van der Waals surface area contributed by atoms with E-state index >= 15 is 0 Å². The second kappa shape index (κ2) is 7.87. The summed E-state index contributed by atoms with van der Waals surface area (Å²) in [5.74, 6) is 0.116. The van der Waals surface area contributed by atoms with Crippen LogP contribution in [0, 0.1) is 5.82 Å². The van der Waals surface area contributed by atoms with Gasteiger partial charge in [-0.15, -0.1) is 0 Å². The number of ether oxygens (including phenoxy) is 1. The quantitative estimate of drug-likeness (QED) is 0.865. The molecule has 2 aliphatic rings. The highest BCUT2D eigenvalue weighted by molar-refractivity contribution is 5.82. The van der Waals surface area contributed by atoms with Gasteiger partial charge in [-0.25, -0.2) is 9.37 Å². The van der Waals surface area contributed by atoms with Crippen molar-refractivity contribution in [3.63, 3.8) is 0 Å². The van der Waals surface area contributed by atoms with Crippen LogP contribution < -0.4 is 15.1 Å². The Hall–Kier alpha value is -2.74. The molecule has 0 saturated carbocycles. The molecule has 0 spiro atoms. The van der Waals surface area contributed by atoms with Crippen LogP contribution in [0.4, 0.5) is 16.2 Å². The Balaban J connectivity index is 1.52. The summed E-state index contributed by atoms with van der Waals surface area (Å²) in [4.78, 5) is 24.4. The van der Waals surface area contributed by atoms with Crippen LogP contribution in [-0.4, -0.2) is 61.3 Å². The summed E-state index contributed by atoms with van der Waals surface area (Å²) in [5.41, 5.74) is 1.15. The van der Waals surface area contributed by atoms with Gasteiger partial charge in [-0.05, 0) is 12.0 Å². The number of nitrogens with zero attached hydrogens (tertiary/aromatic N) is 4. The van der Waals surface area contributed by atoms with Crippen LogP contribution in [0.3, 0.4) is 0 Å². The summed E-state index contributed by atoms with van der Waals surface area (Å²) in [7, 11) is 0. The first-order valence-electron chi connectivity index (χ1n) is 9.12. The smallest absolute Gasteiger partial charge is 0.239 e. The van der Waals surface area contributed by atoms with Gasteiger partial charge in [0.15, 0.2) is 11.6 Å². The van der Waals surface area contributed by atoms with Crippen LogP contribution in [-0.2, 0) is 16.0 Å². The monoisotopic (exact) mass is 371 g/mol. The van der Waals surface area contributed by atoms with Crippen LogP contribution in [0.5, 0.6) is 0 Å². The lowest BCUT2D eigenvalue weighted by Crippen LogP contribution is -2.55. The molecule has 142 valence electrons. The van der Waals surface area contributed by atoms with E-state index in [1.807, 2.05) is 40.1 Å². The molecule has 27 heavy (non-hydrogen) atoms. The lowest BCUT2D eigenvalue weighted by molar-refractivity contribution is -0.121. The van der Waals surface area contributed by atoms with Gasteiger partial charge in [0.2, 0.25) is 11.9 Å². The second-order valence-electron chi connectivity index (χ2n) is 6.78. The average molecular weight is 371 g/mol. The maximum absolute atomic E-state index is 14.3. The molecule has 2 saturated heterocycles. The molecule has 2 aliphatic heterocycles. The number of carbonyl (C=O) groups excluding carboxylic acids is 1. The van der Waals surface area contributed by atoms with E-state index in [1.165, 1.54) is 6.20 Å². The van der Waals surface area contributed by atoms with E-state index in [-0.39, 0.29) is 24.3 Å². The van der Waals surface area contributed by atoms with Gasteiger partial charge in [0.1, 0.15) is 0 Å². The van der Waals surface area contributed by atoms with Gasteiger partial charge < -0.3 is 19.9 Å². The highest BCUT2D eigenvalue weighted by Crippen LogP contribution is 2.21. The fraction of sp³-hybridized carbons (Fsp3) is 0.421. The zero-order valence-electron chi connectivity index (χ0n) is 15.0. The standard InChI is InChI=1S/C19H22FN5O2/c20-16-11-21-19(23-18(16)24-6-8-27-9-7-24)25-12-15(22-17(26)13-25)10-14-4-2-1-3-5-14/h1-5,11,15H,6-10,12-13H2,(H,22,26)/t15-/m0/s1. The highest BCUT2D eigenvalue weighted by atomic mass is 19.1. The summed E-state index contributed by atoms with van der Waals surface area (Å²) in [6, 6.07) is 9.96. The maximum Gasteiger partial charge on any atom is 0.239 e. The number of hydrogen-bond acceptors (Lipinski definition) is 6. The Morgan fingerprint density at radius 2 is 1.96 bits per heavy atom. The third-order valence-electron chi connectivity index (χ3n) is 4.77. The van der Waals surface area contributed by atoms with Crippen molar-refractivity contribution >= 4 is 17.7 Å². The predicted octanol–water partition coefficient (Wildman–Crippen LogP) is 1.000. The molecular formula is C19H22FN5O2. The normalized spacial score (nSPS) is 20.5. The van der Waals surface area contributed by atoms with Crippen LogP contribution >= 0.6 is 0 Å². The number of benzene rings is 1. The zero-order chi connectivity index (χ0) is 18.6. The van der Waals surface area contributed by atoms with Gasteiger partial charge in [-0.3, -0.25) is 4.79 Å². The number of halogens is 1. The number of aromatic nitrogens is 2. The van der Waals surface area contributed by atoms with Gasteiger partial charge in [-0.2, -0.15) is 4.98 Å². The molecule has 0 unspecified atom stereocenters.